The number of rotatable bonds is 2. The monoisotopic (exact) mass is 430 g/mol. The van der Waals surface area contributed by atoms with Gasteiger partial charge in [-0.1, -0.05) is 18.2 Å². The molecule has 5 nitrogen and oxygen atoms in total. The highest BCUT2D eigenvalue weighted by Crippen LogP contribution is 2.29. The van der Waals surface area contributed by atoms with Crippen LogP contribution in [-0.2, 0) is 4.79 Å². The lowest BCUT2D eigenvalue weighted by Gasteiger charge is -2.42. The molecule has 4 heterocycles. The van der Waals surface area contributed by atoms with Gasteiger partial charge in [0.25, 0.3) is 5.91 Å². The molecule has 1 amide bonds. The van der Waals surface area contributed by atoms with Crippen LogP contribution in [0.15, 0.2) is 72.2 Å². The molecule has 3 aliphatic rings. The third-order valence-corrected chi connectivity index (χ3v) is 6.72. The number of nitrogens with zero attached hydrogens (tertiary/aromatic N) is 3. The van der Waals surface area contributed by atoms with E-state index in [0.29, 0.717) is 0 Å². The Hall–Kier alpha value is -2.96. The topological polar surface area (TPSA) is 48.5 Å². The Bertz CT molecular complexity index is 1210. The third-order valence-electron chi connectivity index (χ3n) is 5.79. The molecule has 0 saturated carbocycles. The zero-order valence-electron chi connectivity index (χ0n) is 18.1. The predicted molar refractivity (Wildman–Crippen MR) is 127 cm³/mol. The number of piperazine rings is 1. The average molecular weight is 431 g/mol. The van der Waals surface area contributed by atoms with Gasteiger partial charge < -0.3 is 10.2 Å². The van der Waals surface area contributed by atoms with Crippen LogP contribution >= 0.6 is 11.3 Å². The van der Waals surface area contributed by atoms with Gasteiger partial charge in [-0.2, -0.15) is 0 Å². The lowest BCUT2D eigenvalue weighted by molar-refractivity contribution is -0.122. The molecule has 6 heteroatoms. The molecule has 158 valence electrons. The Kier molecular flexibility index (Phi) is 4.91. The maximum absolute atomic E-state index is 13.3. The molecule has 1 aromatic heterocycles. The molecule has 0 radical (unpaired) electrons. The van der Waals surface area contributed by atoms with Gasteiger partial charge in [-0.05, 0) is 62.3 Å². The Morgan fingerprint density at radius 1 is 1.16 bits per heavy atom. The molecule has 1 aromatic carbocycles. The maximum Gasteiger partial charge on any atom is 0.255 e. The highest BCUT2D eigenvalue weighted by Gasteiger charge is 2.28. The van der Waals surface area contributed by atoms with Crippen molar-refractivity contribution in [3.05, 3.63) is 82.8 Å². The quantitative estimate of drug-likeness (QED) is 0.769. The summed E-state index contributed by atoms with van der Waals surface area (Å²) in [5, 5.41) is 4.59. The molecule has 3 aliphatic heterocycles. The van der Waals surface area contributed by atoms with Crippen LogP contribution in [0.1, 0.15) is 24.4 Å². The van der Waals surface area contributed by atoms with Crippen molar-refractivity contribution in [2.24, 2.45) is 0 Å². The highest BCUT2D eigenvalue weighted by molar-refractivity contribution is 7.18. The van der Waals surface area contributed by atoms with Crippen molar-refractivity contribution >= 4 is 33.0 Å². The zero-order valence-corrected chi connectivity index (χ0v) is 18.9. The Labute approximate surface area is 186 Å². The third kappa shape index (κ3) is 4.01. The van der Waals surface area contributed by atoms with Crippen LogP contribution in [0.5, 0.6) is 0 Å². The lowest BCUT2D eigenvalue weighted by atomic mass is 10.0. The maximum atomic E-state index is 13.3. The Morgan fingerprint density at radius 3 is 2.84 bits per heavy atom. The van der Waals surface area contributed by atoms with E-state index in [0.717, 1.165) is 57.4 Å². The normalized spacial score (nSPS) is 25.1. The van der Waals surface area contributed by atoms with Gasteiger partial charge in [-0.25, -0.2) is 4.98 Å². The molecule has 1 N–H and O–H groups in total. The van der Waals surface area contributed by atoms with E-state index in [4.69, 9.17) is 0 Å². The van der Waals surface area contributed by atoms with Gasteiger partial charge in [-0.3, -0.25) is 9.69 Å². The summed E-state index contributed by atoms with van der Waals surface area (Å²) in [5.41, 5.74) is 4.93. The van der Waals surface area contributed by atoms with E-state index in [-0.39, 0.29) is 11.4 Å². The smallest absolute Gasteiger partial charge is 0.255 e. The second-order valence-corrected chi connectivity index (χ2v) is 10.0. The van der Waals surface area contributed by atoms with Gasteiger partial charge in [0.1, 0.15) is 0 Å². The van der Waals surface area contributed by atoms with E-state index < -0.39 is 0 Å². The first-order chi connectivity index (χ1) is 14.9. The van der Waals surface area contributed by atoms with E-state index in [9.17, 15) is 4.79 Å². The van der Waals surface area contributed by atoms with Crippen molar-refractivity contribution in [3.8, 4) is 0 Å². The van der Waals surface area contributed by atoms with Gasteiger partial charge >= 0.3 is 0 Å². The van der Waals surface area contributed by atoms with Crippen LogP contribution in [-0.4, -0.2) is 45.9 Å². The number of aryl methyl sites for hydroxylation is 1. The number of amides is 1. The molecule has 0 spiro atoms. The van der Waals surface area contributed by atoms with Gasteiger partial charge in [0.15, 0.2) is 0 Å². The second kappa shape index (κ2) is 7.62. The number of aromatic nitrogens is 1. The molecule has 31 heavy (non-hydrogen) atoms. The van der Waals surface area contributed by atoms with Gasteiger partial charge in [0, 0.05) is 43.1 Å². The van der Waals surface area contributed by atoms with Crippen molar-refractivity contribution in [3.63, 3.8) is 0 Å². The standard InChI is InChI=1S/C25H26N4OS/c1-17-27-22-10-7-19(13-23(22)31-17)18-5-4-6-20-8-9-21(15-29(20)24(30)14-18)28-12-11-26-25(2,3)16-28/h4-10,13-15,26H,11-12,16H2,1-3H3/b5-4+,18-14+,20-6+. The average Bonchev–Trinajstić information content (AvgIpc) is 3.10. The van der Waals surface area contributed by atoms with Crippen molar-refractivity contribution in [2.75, 3.05) is 19.6 Å². The van der Waals surface area contributed by atoms with Crippen molar-refractivity contribution in [1.29, 1.82) is 0 Å². The molecule has 2 aromatic rings. The summed E-state index contributed by atoms with van der Waals surface area (Å²) in [6.45, 7) is 9.19. The van der Waals surface area contributed by atoms with E-state index in [1.165, 1.54) is 0 Å². The van der Waals surface area contributed by atoms with Crippen molar-refractivity contribution in [1.82, 2.24) is 20.1 Å². The van der Waals surface area contributed by atoms with Gasteiger partial charge in [0.2, 0.25) is 0 Å². The summed E-state index contributed by atoms with van der Waals surface area (Å²) < 4.78 is 1.14. The van der Waals surface area contributed by atoms with E-state index in [1.807, 2.05) is 49.6 Å². The summed E-state index contributed by atoms with van der Waals surface area (Å²) in [7, 11) is 0. The first-order valence-electron chi connectivity index (χ1n) is 10.6. The first kappa shape index (κ1) is 20.0. The largest absolute Gasteiger partial charge is 0.367 e. The summed E-state index contributed by atoms with van der Waals surface area (Å²) >= 11 is 1.68. The molecular formula is C25H26N4OS. The Morgan fingerprint density at radius 2 is 2.00 bits per heavy atom. The van der Waals surface area contributed by atoms with E-state index in [2.05, 4.69) is 41.2 Å². The highest BCUT2D eigenvalue weighted by atomic mass is 32.1. The fraction of sp³-hybridized carbons (Fsp3) is 0.280. The van der Waals surface area contributed by atoms with Crippen LogP contribution in [0, 0.1) is 6.92 Å². The number of nitrogens with one attached hydrogen (secondary N) is 1. The minimum absolute atomic E-state index is 0.0394. The van der Waals surface area contributed by atoms with Crippen LogP contribution in [0.3, 0.4) is 0 Å². The van der Waals surface area contributed by atoms with Crippen LogP contribution < -0.4 is 5.32 Å². The SMILES string of the molecule is Cc1nc2ccc(C3=C\C(=O)N4C=C(N5CCNC(C)(C)C5)C=C\C4=C/C=C/3)cc2s1. The van der Waals surface area contributed by atoms with Gasteiger partial charge in [-0.15, -0.1) is 11.3 Å². The van der Waals surface area contributed by atoms with Gasteiger partial charge in [0.05, 0.1) is 20.9 Å². The number of fused-ring (bicyclic) bond motifs is 2. The number of hydrogen-bond acceptors (Lipinski definition) is 5. The van der Waals surface area contributed by atoms with Crippen molar-refractivity contribution < 1.29 is 4.79 Å². The summed E-state index contributed by atoms with van der Waals surface area (Å²) in [6.07, 6.45) is 13.8. The molecule has 1 fully saturated rings. The molecule has 5 rings (SSSR count). The number of carbonyl (C=O) groups is 1. The number of hydrogen-bond donors (Lipinski definition) is 1. The van der Waals surface area contributed by atoms with Crippen LogP contribution in [0.25, 0.3) is 15.8 Å². The Balaban J connectivity index is 1.47. The molecule has 0 bridgehead atoms. The number of allylic oxidation sites excluding steroid dienone is 6. The summed E-state index contributed by atoms with van der Waals surface area (Å²) in [4.78, 5) is 21.9. The molecule has 0 atom stereocenters. The lowest BCUT2D eigenvalue weighted by Crippen LogP contribution is -2.56. The minimum atomic E-state index is -0.0394. The zero-order chi connectivity index (χ0) is 21.6. The summed E-state index contributed by atoms with van der Waals surface area (Å²) in [5.74, 6) is -0.0394. The fourth-order valence-electron chi connectivity index (χ4n) is 4.28. The van der Waals surface area contributed by atoms with E-state index in [1.54, 1.807) is 22.3 Å². The number of benzene rings is 1. The summed E-state index contributed by atoms with van der Waals surface area (Å²) in [6, 6.07) is 6.19. The number of carbonyl (C=O) groups excluding carboxylic acids is 1. The molecular weight excluding hydrogens is 404 g/mol. The minimum Gasteiger partial charge on any atom is -0.367 e. The van der Waals surface area contributed by atoms with Crippen LogP contribution in [0.4, 0.5) is 0 Å². The van der Waals surface area contributed by atoms with E-state index >= 15 is 0 Å². The molecule has 0 aliphatic carbocycles. The molecule has 1 saturated heterocycles. The first-order valence-corrected chi connectivity index (χ1v) is 11.4. The number of thiazole rings is 1. The fourth-order valence-corrected chi connectivity index (χ4v) is 5.14. The van der Waals surface area contributed by atoms with Crippen LogP contribution in [0.2, 0.25) is 0 Å². The second-order valence-electron chi connectivity index (χ2n) is 8.79. The van der Waals surface area contributed by atoms with Crippen molar-refractivity contribution in [2.45, 2.75) is 26.3 Å². The molecule has 0 unspecified atom stereocenters. The predicted octanol–water partition coefficient (Wildman–Crippen LogP) is 4.37.